The van der Waals surface area contributed by atoms with Crippen LogP contribution in [-0.4, -0.2) is 18.6 Å². The van der Waals surface area contributed by atoms with E-state index in [1.54, 1.807) is 7.05 Å². The van der Waals surface area contributed by atoms with Crippen molar-refractivity contribution in [2.75, 3.05) is 7.05 Å². The smallest absolute Gasteiger partial charge is 0.128 e. The first kappa shape index (κ1) is 14.1. The summed E-state index contributed by atoms with van der Waals surface area (Å²) in [5, 5.41) is 0. The number of nitrogens with zero attached hydrogens (tertiary/aromatic N) is 2. The summed E-state index contributed by atoms with van der Waals surface area (Å²) in [7, 11) is 1.79. The van der Waals surface area contributed by atoms with Crippen molar-refractivity contribution in [1.82, 2.24) is 0 Å². The Balaban J connectivity index is 5.26. The molecule has 0 fully saturated rings. The van der Waals surface area contributed by atoms with E-state index in [9.17, 15) is 0 Å². The van der Waals surface area contributed by atoms with Gasteiger partial charge >= 0.3 is 0 Å². The molecule has 15 heavy (non-hydrogen) atoms. The second kappa shape index (κ2) is 4.73. The summed E-state index contributed by atoms with van der Waals surface area (Å²) < 4.78 is 0. The summed E-state index contributed by atoms with van der Waals surface area (Å²) in [6, 6.07) is 0. The lowest BCUT2D eigenvalue weighted by atomic mass is 9.89. The van der Waals surface area contributed by atoms with Gasteiger partial charge in [0.05, 0.1) is 0 Å². The van der Waals surface area contributed by atoms with Crippen LogP contribution in [0, 0.1) is 10.8 Å². The van der Waals surface area contributed by atoms with Crippen LogP contribution >= 0.6 is 0 Å². The van der Waals surface area contributed by atoms with Gasteiger partial charge in [-0.15, -0.1) is 0 Å². The molecule has 2 nitrogen and oxygen atoms in total. The van der Waals surface area contributed by atoms with E-state index < -0.39 is 0 Å². The van der Waals surface area contributed by atoms with Gasteiger partial charge in [0.2, 0.25) is 0 Å². The third-order valence-corrected chi connectivity index (χ3v) is 2.07. The molecule has 0 aliphatic rings. The Bertz CT molecular complexity index is 283. The van der Waals surface area contributed by atoms with Gasteiger partial charge in [-0.05, 0) is 6.08 Å². The molecule has 0 aliphatic heterocycles. The van der Waals surface area contributed by atoms with Crippen LogP contribution in [0.5, 0.6) is 0 Å². The first-order valence-electron chi connectivity index (χ1n) is 5.31. The Labute approximate surface area is 94.2 Å². The van der Waals surface area contributed by atoms with Gasteiger partial charge in [-0.3, -0.25) is 4.99 Å². The van der Waals surface area contributed by atoms with E-state index in [2.05, 4.69) is 58.1 Å². The molecule has 2 heteroatoms. The number of amidine groups is 1. The highest BCUT2D eigenvalue weighted by Gasteiger charge is 2.22. The lowest BCUT2D eigenvalue weighted by Gasteiger charge is -2.23. The van der Waals surface area contributed by atoms with Gasteiger partial charge in [-0.1, -0.05) is 48.1 Å². The predicted molar refractivity (Wildman–Crippen MR) is 69.9 cm³/mol. The molecule has 0 unspecified atom stereocenters. The number of hydrogen-bond donors (Lipinski definition) is 0. The Morgan fingerprint density at radius 1 is 1.00 bits per heavy atom. The van der Waals surface area contributed by atoms with E-state index in [1.165, 1.54) is 0 Å². The van der Waals surface area contributed by atoms with Crippen LogP contribution in [0.3, 0.4) is 0 Å². The van der Waals surface area contributed by atoms with Crippen molar-refractivity contribution >= 4 is 11.5 Å². The van der Waals surface area contributed by atoms with E-state index in [4.69, 9.17) is 0 Å². The molecular formula is C13H24N2. The molecule has 0 heterocycles. The molecule has 0 spiro atoms. The highest BCUT2D eigenvalue weighted by molar-refractivity contribution is 6.07. The van der Waals surface area contributed by atoms with Gasteiger partial charge < -0.3 is 0 Å². The Hall–Kier alpha value is -0.920. The normalized spacial score (nSPS) is 15.4. The monoisotopic (exact) mass is 208 g/mol. The molecule has 86 valence electrons. The van der Waals surface area contributed by atoms with Crippen molar-refractivity contribution < 1.29 is 0 Å². The summed E-state index contributed by atoms with van der Waals surface area (Å²) in [4.78, 5) is 8.85. The molecule has 0 radical (unpaired) electrons. The van der Waals surface area contributed by atoms with Crippen LogP contribution < -0.4 is 0 Å². The van der Waals surface area contributed by atoms with E-state index in [0.29, 0.717) is 0 Å². The third kappa shape index (κ3) is 4.41. The number of hydrogen-bond acceptors (Lipinski definition) is 1. The fraction of sp³-hybridized carbons (Fsp3) is 0.692. The van der Waals surface area contributed by atoms with E-state index in [-0.39, 0.29) is 10.8 Å². The summed E-state index contributed by atoms with van der Waals surface area (Å²) in [6.45, 7) is 16.5. The molecule has 0 atom stereocenters. The second-order valence-corrected chi connectivity index (χ2v) is 5.75. The summed E-state index contributed by atoms with van der Waals surface area (Å²) >= 11 is 0. The zero-order valence-corrected chi connectivity index (χ0v) is 11.2. The topological polar surface area (TPSA) is 24.7 Å². The van der Waals surface area contributed by atoms with Gasteiger partial charge in [0.25, 0.3) is 0 Å². The van der Waals surface area contributed by atoms with Crippen molar-refractivity contribution in [1.29, 1.82) is 0 Å². The Morgan fingerprint density at radius 2 is 1.47 bits per heavy atom. The quantitative estimate of drug-likeness (QED) is 0.463. The molecule has 0 N–H and O–H groups in total. The van der Waals surface area contributed by atoms with Crippen LogP contribution in [0.2, 0.25) is 0 Å². The maximum Gasteiger partial charge on any atom is 0.128 e. The van der Waals surface area contributed by atoms with Gasteiger partial charge in [0, 0.05) is 23.6 Å². The van der Waals surface area contributed by atoms with Crippen molar-refractivity contribution in [3.8, 4) is 0 Å². The predicted octanol–water partition coefficient (Wildman–Crippen LogP) is 3.73. The maximum absolute atomic E-state index is 4.60. The van der Waals surface area contributed by atoms with Crippen molar-refractivity contribution in [3.63, 3.8) is 0 Å². The molecular weight excluding hydrogens is 184 g/mol. The molecule has 0 aromatic rings. The van der Waals surface area contributed by atoms with Crippen molar-refractivity contribution in [3.05, 3.63) is 12.7 Å². The Morgan fingerprint density at radius 3 is 1.67 bits per heavy atom. The largest absolute Gasteiger partial charge is 0.273 e. The third-order valence-electron chi connectivity index (χ3n) is 2.07. The van der Waals surface area contributed by atoms with E-state index >= 15 is 0 Å². The lowest BCUT2D eigenvalue weighted by Crippen LogP contribution is -2.24. The first-order chi connectivity index (χ1) is 6.62. The number of aliphatic imine (C=N–C) groups is 2. The number of rotatable bonds is 1. The molecule has 0 rings (SSSR count). The zero-order chi connectivity index (χ0) is 12.3. The minimum atomic E-state index is -0.0196. The minimum Gasteiger partial charge on any atom is -0.273 e. The first-order valence-corrected chi connectivity index (χ1v) is 5.31. The molecule has 0 aromatic carbocycles. The Kier molecular flexibility index (Phi) is 4.44. The van der Waals surface area contributed by atoms with Crippen LogP contribution in [0.25, 0.3) is 0 Å². The average molecular weight is 208 g/mol. The van der Waals surface area contributed by atoms with Gasteiger partial charge in [-0.25, -0.2) is 4.99 Å². The van der Waals surface area contributed by atoms with E-state index in [0.717, 1.165) is 11.5 Å². The van der Waals surface area contributed by atoms with Gasteiger partial charge in [0.1, 0.15) is 5.84 Å². The summed E-state index contributed by atoms with van der Waals surface area (Å²) in [5.41, 5.74) is 0.982. The maximum atomic E-state index is 4.60. The molecule has 0 saturated carbocycles. The summed E-state index contributed by atoms with van der Waals surface area (Å²) in [6.07, 6.45) is 1.82. The molecule has 0 bridgehead atoms. The minimum absolute atomic E-state index is 0.0168. The second-order valence-electron chi connectivity index (χ2n) is 5.75. The molecule has 0 aromatic heterocycles. The van der Waals surface area contributed by atoms with Crippen molar-refractivity contribution in [2.24, 2.45) is 20.8 Å². The SMILES string of the molecule is C=CC(=NC(=NC)C(C)(C)C)C(C)(C)C. The average Bonchev–Trinajstić information content (AvgIpc) is 2.01. The molecule has 0 aliphatic carbocycles. The lowest BCUT2D eigenvalue weighted by molar-refractivity contribution is 0.574. The van der Waals surface area contributed by atoms with Gasteiger partial charge in [-0.2, -0.15) is 0 Å². The van der Waals surface area contributed by atoms with Crippen LogP contribution in [0.1, 0.15) is 41.5 Å². The number of allylic oxidation sites excluding steroid dienone is 1. The zero-order valence-electron chi connectivity index (χ0n) is 11.2. The van der Waals surface area contributed by atoms with E-state index in [1.807, 2.05) is 6.08 Å². The molecule has 0 amide bonds. The van der Waals surface area contributed by atoms with Crippen LogP contribution in [0.15, 0.2) is 22.6 Å². The molecule has 0 saturated heterocycles. The van der Waals surface area contributed by atoms with Crippen LogP contribution in [-0.2, 0) is 0 Å². The fourth-order valence-electron chi connectivity index (χ4n) is 1.19. The standard InChI is InChI=1S/C13H24N2/c1-9-10(12(2,3)4)15-11(14-8)13(5,6)7/h9H,1H2,2-8H3. The fourth-order valence-corrected chi connectivity index (χ4v) is 1.19. The van der Waals surface area contributed by atoms with Crippen LogP contribution in [0.4, 0.5) is 0 Å². The van der Waals surface area contributed by atoms with Crippen molar-refractivity contribution in [2.45, 2.75) is 41.5 Å². The highest BCUT2D eigenvalue weighted by Crippen LogP contribution is 2.22. The van der Waals surface area contributed by atoms with Gasteiger partial charge in [0.15, 0.2) is 0 Å². The highest BCUT2D eigenvalue weighted by atomic mass is 14.9. The summed E-state index contributed by atoms with van der Waals surface area (Å²) in [5.74, 6) is 0.868.